The summed E-state index contributed by atoms with van der Waals surface area (Å²) in [5, 5.41) is 0.773. The van der Waals surface area contributed by atoms with Crippen molar-refractivity contribution in [1.29, 1.82) is 0 Å². The van der Waals surface area contributed by atoms with Crippen LogP contribution in [0.15, 0.2) is 72.8 Å². The molecule has 1 fully saturated rings. The second kappa shape index (κ2) is 9.08. The number of hydrogen-bond donors (Lipinski definition) is 0. The maximum Gasteiger partial charge on any atom is 0.123 e. The molecule has 2 nitrogen and oxygen atoms in total. The quantitative estimate of drug-likeness (QED) is 0.496. The zero-order valence-electron chi connectivity index (χ0n) is 16.7. The highest BCUT2D eigenvalue weighted by atomic mass is 35.5. The fourth-order valence-corrected chi connectivity index (χ4v) is 4.46. The third-order valence-electron chi connectivity index (χ3n) is 5.62. The molecular formula is C25H26ClFN2. The third-order valence-corrected chi connectivity index (χ3v) is 5.86. The van der Waals surface area contributed by atoms with Crippen molar-refractivity contribution >= 4 is 11.6 Å². The maximum atomic E-state index is 13.4. The van der Waals surface area contributed by atoms with Crippen molar-refractivity contribution in [3.05, 3.63) is 106 Å². The zero-order chi connectivity index (χ0) is 20.2. The van der Waals surface area contributed by atoms with Gasteiger partial charge in [0.15, 0.2) is 0 Å². The van der Waals surface area contributed by atoms with Crippen molar-refractivity contribution in [2.24, 2.45) is 0 Å². The van der Waals surface area contributed by atoms with Crippen LogP contribution in [-0.2, 0) is 13.1 Å². The molecule has 0 N–H and O–H groups in total. The molecule has 0 aliphatic carbocycles. The monoisotopic (exact) mass is 408 g/mol. The van der Waals surface area contributed by atoms with E-state index < -0.39 is 0 Å². The molecule has 1 aliphatic rings. The molecule has 0 spiro atoms. The van der Waals surface area contributed by atoms with Crippen LogP contribution in [0.1, 0.15) is 34.8 Å². The van der Waals surface area contributed by atoms with Gasteiger partial charge in [0.2, 0.25) is 0 Å². The first-order valence-corrected chi connectivity index (χ1v) is 10.5. The molecule has 1 heterocycles. The highest BCUT2D eigenvalue weighted by Crippen LogP contribution is 2.34. The van der Waals surface area contributed by atoms with Crippen LogP contribution in [0.5, 0.6) is 0 Å². The van der Waals surface area contributed by atoms with E-state index in [1.807, 2.05) is 24.3 Å². The van der Waals surface area contributed by atoms with E-state index in [4.69, 9.17) is 11.6 Å². The average molecular weight is 409 g/mol. The van der Waals surface area contributed by atoms with Gasteiger partial charge in [0, 0.05) is 31.2 Å². The molecule has 0 bridgehead atoms. The second-order valence-corrected chi connectivity index (χ2v) is 8.22. The summed E-state index contributed by atoms with van der Waals surface area (Å²) in [7, 11) is 0. The summed E-state index contributed by atoms with van der Waals surface area (Å²) >= 11 is 6.23. The first-order valence-electron chi connectivity index (χ1n) is 10.1. The van der Waals surface area contributed by atoms with E-state index in [-0.39, 0.29) is 12.0 Å². The van der Waals surface area contributed by atoms with Gasteiger partial charge in [0.25, 0.3) is 0 Å². The van der Waals surface area contributed by atoms with Gasteiger partial charge in [-0.05, 0) is 59.9 Å². The topological polar surface area (TPSA) is 6.48 Å². The third kappa shape index (κ3) is 4.87. The largest absolute Gasteiger partial charge is 0.280 e. The van der Waals surface area contributed by atoms with Gasteiger partial charge in [-0.3, -0.25) is 9.80 Å². The van der Waals surface area contributed by atoms with Gasteiger partial charge < -0.3 is 0 Å². The number of rotatable bonds is 5. The standard InChI is InChI=1S/C25H26ClFN2/c1-19-6-2-3-9-24(19)25-28(17-20-10-12-23(27)13-11-20)14-5-15-29(25)18-21-7-4-8-22(26)16-21/h2-4,6-13,16,25H,5,14-15,17-18H2,1H3/t25-/m1/s1. The Balaban J connectivity index is 1.66. The van der Waals surface area contributed by atoms with Gasteiger partial charge in [-0.1, -0.05) is 60.1 Å². The lowest BCUT2D eigenvalue weighted by Gasteiger charge is -2.45. The molecule has 29 heavy (non-hydrogen) atoms. The minimum atomic E-state index is -0.189. The van der Waals surface area contributed by atoms with Crippen LogP contribution in [0.25, 0.3) is 0 Å². The van der Waals surface area contributed by atoms with Gasteiger partial charge in [-0.15, -0.1) is 0 Å². The Bertz CT molecular complexity index is 957. The number of benzene rings is 3. The van der Waals surface area contributed by atoms with Crippen molar-refractivity contribution in [2.75, 3.05) is 13.1 Å². The molecule has 0 saturated carbocycles. The van der Waals surface area contributed by atoms with Crippen molar-refractivity contribution < 1.29 is 4.39 Å². The average Bonchev–Trinajstić information content (AvgIpc) is 2.71. The van der Waals surface area contributed by atoms with Crippen molar-refractivity contribution in [2.45, 2.75) is 32.6 Å². The highest BCUT2D eigenvalue weighted by molar-refractivity contribution is 6.30. The van der Waals surface area contributed by atoms with Crippen LogP contribution in [0.2, 0.25) is 5.02 Å². The van der Waals surface area contributed by atoms with Gasteiger partial charge in [-0.25, -0.2) is 4.39 Å². The lowest BCUT2D eigenvalue weighted by Crippen LogP contribution is -2.47. The molecule has 3 aromatic carbocycles. The molecule has 1 saturated heterocycles. The van der Waals surface area contributed by atoms with Gasteiger partial charge in [0.05, 0.1) is 6.17 Å². The Labute approximate surface area is 177 Å². The van der Waals surface area contributed by atoms with Gasteiger partial charge in [-0.2, -0.15) is 0 Å². The molecule has 3 aromatic rings. The normalized spacial score (nSPS) is 18.1. The zero-order valence-corrected chi connectivity index (χ0v) is 17.4. The minimum absolute atomic E-state index is 0.175. The summed E-state index contributed by atoms with van der Waals surface area (Å²) < 4.78 is 13.4. The molecule has 0 aromatic heterocycles. The van der Waals surface area contributed by atoms with E-state index in [2.05, 4.69) is 53.1 Å². The predicted octanol–water partition coefficient (Wildman–Crippen LogP) is 6.19. The molecule has 1 atom stereocenters. The summed E-state index contributed by atoms with van der Waals surface area (Å²) in [6.07, 6.45) is 1.28. The molecule has 0 unspecified atom stereocenters. The summed E-state index contributed by atoms with van der Waals surface area (Å²) in [5.41, 5.74) is 4.98. The van der Waals surface area contributed by atoms with Crippen molar-refractivity contribution in [1.82, 2.24) is 9.80 Å². The number of hydrogen-bond acceptors (Lipinski definition) is 2. The van der Waals surface area contributed by atoms with Crippen molar-refractivity contribution in [3.8, 4) is 0 Å². The van der Waals surface area contributed by atoms with Gasteiger partial charge >= 0.3 is 0 Å². The van der Waals surface area contributed by atoms with E-state index in [0.717, 1.165) is 43.2 Å². The van der Waals surface area contributed by atoms with E-state index >= 15 is 0 Å². The van der Waals surface area contributed by atoms with Crippen LogP contribution in [0, 0.1) is 12.7 Å². The van der Waals surface area contributed by atoms with E-state index in [9.17, 15) is 4.39 Å². The summed E-state index contributed by atoms with van der Waals surface area (Å²) in [6, 6.07) is 23.6. The molecule has 150 valence electrons. The van der Waals surface area contributed by atoms with E-state index in [1.54, 1.807) is 12.1 Å². The Morgan fingerprint density at radius 2 is 1.55 bits per heavy atom. The minimum Gasteiger partial charge on any atom is -0.280 e. The van der Waals surface area contributed by atoms with Crippen LogP contribution in [-0.4, -0.2) is 22.9 Å². The van der Waals surface area contributed by atoms with Crippen LogP contribution in [0.4, 0.5) is 4.39 Å². The first kappa shape index (κ1) is 20.1. The van der Waals surface area contributed by atoms with E-state index in [0.29, 0.717) is 0 Å². The molecule has 4 heteroatoms. The molecular weight excluding hydrogens is 383 g/mol. The fraction of sp³-hybridized carbons (Fsp3) is 0.280. The highest BCUT2D eigenvalue weighted by Gasteiger charge is 2.31. The predicted molar refractivity (Wildman–Crippen MR) is 117 cm³/mol. The SMILES string of the molecule is Cc1ccccc1[C@@H]1N(Cc2ccc(F)cc2)CCCN1Cc1cccc(Cl)c1. The Morgan fingerprint density at radius 1 is 0.862 bits per heavy atom. The van der Waals surface area contributed by atoms with Gasteiger partial charge in [0.1, 0.15) is 5.82 Å². The number of aryl methyl sites for hydroxylation is 1. The molecule has 0 amide bonds. The maximum absolute atomic E-state index is 13.4. The molecule has 0 radical (unpaired) electrons. The molecule has 4 rings (SSSR count). The van der Waals surface area contributed by atoms with E-state index in [1.165, 1.54) is 16.7 Å². The number of nitrogens with zero attached hydrogens (tertiary/aromatic N) is 2. The van der Waals surface area contributed by atoms with Crippen LogP contribution in [0.3, 0.4) is 0 Å². The lowest BCUT2D eigenvalue weighted by atomic mass is 10.00. The number of halogens is 2. The summed E-state index contributed by atoms with van der Waals surface area (Å²) in [4.78, 5) is 5.03. The smallest absolute Gasteiger partial charge is 0.123 e. The molecule has 1 aliphatic heterocycles. The Morgan fingerprint density at radius 3 is 2.24 bits per heavy atom. The first-order chi connectivity index (χ1) is 14.1. The Hall–Kier alpha value is -2.20. The Kier molecular flexibility index (Phi) is 6.29. The fourth-order valence-electron chi connectivity index (χ4n) is 4.25. The lowest BCUT2D eigenvalue weighted by molar-refractivity contribution is -0.00946. The van der Waals surface area contributed by atoms with Crippen LogP contribution >= 0.6 is 11.6 Å². The van der Waals surface area contributed by atoms with Crippen LogP contribution < -0.4 is 0 Å². The van der Waals surface area contributed by atoms with Crippen molar-refractivity contribution in [3.63, 3.8) is 0 Å². The second-order valence-electron chi connectivity index (χ2n) is 7.78. The summed E-state index contributed by atoms with van der Waals surface area (Å²) in [5.74, 6) is -0.189. The summed E-state index contributed by atoms with van der Waals surface area (Å²) in [6.45, 7) is 5.87.